The van der Waals surface area contributed by atoms with E-state index in [4.69, 9.17) is 0 Å². The second-order valence-corrected chi connectivity index (χ2v) is 3.34. The minimum absolute atomic E-state index is 0.152. The van der Waals surface area contributed by atoms with E-state index < -0.39 is 27.2 Å². The van der Waals surface area contributed by atoms with Gasteiger partial charge in [0, 0.05) is 12.1 Å². The number of nitrogens with one attached hydrogen (secondary N) is 1. The summed E-state index contributed by atoms with van der Waals surface area (Å²) in [7, 11) is 0. The molecule has 1 rings (SSSR count). The summed E-state index contributed by atoms with van der Waals surface area (Å²) in [6, 6.07) is 3.42. The van der Waals surface area contributed by atoms with E-state index in [1.807, 2.05) is 0 Å². The number of nitrogens with zero attached hydrogens (tertiary/aromatic N) is 2. The minimum atomic E-state index is -0.763. The van der Waals surface area contributed by atoms with Crippen LogP contribution in [0.25, 0.3) is 0 Å². The number of hydrogen-bond donors (Lipinski definition) is 1. The number of carbonyl (C=O) groups excluding carboxylic acids is 1. The van der Waals surface area contributed by atoms with Crippen molar-refractivity contribution in [3.63, 3.8) is 0 Å². The summed E-state index contributed by atoms with van der Waals surface area (Å²) >= 11 is 0. The number of nitro benzene ring substituents is 2. The molecule has 0 heterocycles. The molecule has 1 aromatic rings. The molecule has 0 fully saturated rings. The summed E-state index contributed by atoms with van der Waals surface area (Å²) < 4.78 is 4.62. The van der Waals surface area contributed by atoms with Crippen molar-refractivity contribution in [2.24, 2.45) is 0 Å². The zero-order chi connectivity index (χ0) is 14.4. The number of benzene rings is 1. The molecule has 0 aliphatic carbocycles. The minimum Gasteiger partial charge on any atom is -0.465 e. The Morgan fingerprint density at radius 2 is 1.79 bits per heavy atom. The van der Waals surface area contributed by atoms with Gasteiger partial charge in [-0.05, 0) is 13.0 Å². The van der Waals surface area contributed by atoms with E-state index in [1.54, 1.807) is 6.92 Å². The van der Waals surface area contributed by atoms with Gasteiger partial charge in [0.25, 0.3) is 11.4 Å². The predicted molar refractivity (Wildman–Crippen MR) is 64.9 cm³/mol. The Morgan fingerprint density at radius 1 is 1.26 bits per heavy atom. The molecule has 0 aliphatic rings. The van der Waals surface area contributed by atoms with E-state index in [2.05, 4.69) is 10.1 Å². The molecule has 0 aromatic heterocycles. The maximum absolute atomic E-state index is 11.2. The van der Waals surface area contributed by atoms with Crippen molar-refractivity contribution in [3.8, 4) is 0 Å². The molecule has 0 amide bonds. The maximum atomic E-state index is 11.2. The number of para-hydroxylation sites is 1. The summed E-state index contributed by atoms with van der Waals surface area (Å²) in [5.41, 5.74) is -1.26. The van der Waals surface area contributed by atoms with Gasteiger partial charge in [-0.1, -0.05) is 0 Å². The van der Waals surface area contributed by atoms with Crippen molar-refractivity contribution in [1.29, 1.82) is 0 Å². The van der Waals surface area contributed by atoms with Crippen LogP contribution in [0, 0.1) is 20.2 Å². The normalized spacial score (nSPS) is 9.74. The third-order valence-electron chi connectivity index (χ3n) is 2.13. The van der Waals surface area contributed by atoms with Gasteiger partial charge < -0.3 is 10.1 Å². The fourth-order valence-corrected chi connectivity index (χ4v) is 1.39. The van der Waals surface area contributed by atoms with Crippen LogP contribution >= 0.6 is 0 Å². The highest BCUT2D eigenvalue weighted by Crippen LogP contribution is 2.33. The van der Waals surface area contributed by atoms with Gasteiger partial charge in [-0.25, -0.2) is 0 Å². The molecule has 0 saturated carbocycles. The first-order chi connectivity index (χ1) is 8.97. The number of anilines is 1. The first-order valence-corrected chi connectivity index (χ1v) is 5.28. The first kappa shape index (κ1) is 14.4. The van der Waals surface area contributed by atoms with Gasteiger partial charge in [-0.15, -0.1) is 0 Å². The molecule has 1 N–H and O–H groups in total. The molecular weight excluding hydrogens is 258 g/mol. The average Bonchev–Trinajstić information content (AvgIpc) is 2.35. The second kappa shape index (κ2) is 6.28. The van der Waals surface area contributed by atoms with Gasteiger partial charge in [0.15, 0.2) is 5.69 Å². The van der Waals surface area contributed by atoms with Crippen molar-refractivity contribution < 1.29 is 19.4 Å². The topological polar surface area (TPSA) is 125 Å². The van der Waals surface area contributed by atoms with Crippen LogP contribution in [0.3, 0.4) is 0 Å². The van der Waals surface area contributed by atoms with Gasteiger partial charge in [0.05, 0.1) is 16.5 Å². The molecule has 0 spiro atoms. The Bertz CT molecular complexity index is 484. The molecule has 0 aliphatic heterocycles. The molecule has 9 nitrogen and oxygen atoms in total. The van der Waals surface area contributed by atoms with Crippen molar-refractivity contribution in [1.82, 2.24) is 0 Å². The lowest BCUT2D eigenvalue weighted by Gasteiger charge is -2.07. The van der Waals surface area contributed by atoms with E-state index in [0.717, 1.165) is 12.1 Å². The van der Waals surface area contributed by atoms with E-state index in [-0.39, 0.29) is 18.8 Å². The van der Waals surface area contributed by atoms with Crippen LogP contribution in [-0.2, 0) is 9.53 Å². The van der Waals surface area contributed by atoms with Crippen LogP contribution in [0.15, 0.2) is 18.2 Å². The highest BCUT2D eigenvalue weighted by atomic mass is 16.6. The third-order valence-corrected chi connectivity index (χ3v) is 2.13. The van der Waals surface area contributed by atoms with Crippen LogP contribution in [0.2, 0.25) is 0 Å². The van der Waals surface area contributed by atoms with Crippen LogP contribution in [0.1, 0.15) is 6.92 Å². The van der Waals surface area contributed by atoms with E-state index in [0.29, 0.717) is 0 Å². The van der Waals surface area contributed by atoms with Crippen molar-refractivity contribution in [3.05, 3.63) is 38.4 Å². The van der Waals surface area contributed by atoms with Crippen molar-refractivity contribution in [2.45, 2.75) is 6.92 Å². The third kappa shape index (κ3) is 3.63. The number of hydrogen-bond acceptors (Lipinski definition) is 7. The fraction of sp³-hybridized carbons (Fsp3) is 0.300. The summed E-state index contributed by atoms with van der Waals surface area (Å²) in [5, 5.41) is 24.0. The Morgan fingerprint density at radius 3 is 2.21 bits per heavy atom. The monoisotopic (exact) mass is 269 g/mol. The van der Waals surface area contributed by atoms with Crippen LogP contribution in [-0.4, -0.2) is 29.0 Å². The van der Waals surface area contributed by atoms with Gasteiger partial charge in [0.2, 0.25) is 0 Å². The Kier molecular flexibility index (Phi) is 4.75. The lowest BCUT2D eigenvalue weighted by molar-refractivity contribution is -0.392. The summed E-state index contributed by atoms with van der Waals surface area (Å²) in [6.07, 6.45) is 0. The number of nitro groups is 2. The lowest BCUT2D eigenvalue weighted by Crippen LogP contribution is -2.18. The highest BCUT2D eigenvalue weighted by molar-refractivity contribution is 5.80. The van der Waals surface area contributed by atoms with Crippen molar-refractivity contribution >= 4 is 23.0 Å². The van der Waals surface area contributed by atoms with E-state index in [1.165, 1.54) is 6.07 Å². The van der Waals surface area contributed by atoms with Gasteiger partial charge >= 0.3 is 5.97 Å². The van der Waals surface area contributed by atoms with Crippen molar-refractivity contribution in [2.75, 3.05) is 18.5 Å². The van der Waals surface area contributed by atoms with Crippen LogP contribution in [0.4, 0.5) is 17.1 Å². The Hall–Kier alpha value is -2.71. The highest BCUT2D eigenvalue weighted by Gasteiger charge is 2.24. The zero-order valence-corrected chi connectivity index (χ0v) is 9.99. The largest absolute Gasteiger partial charge is 0.465 e. The number of rotatable bonds is 6. The van der Waals surface area contributed by atoms with Crippen LogP contribution < -0.4 is 5.32 Å². The number of esters is 1. The number of carbonyl (C=O) groups is 1. The quantitative estimate of drug-likeness (QED) is 0.471. The summed E-state index contributed by atoms with van der Waals surface area (Å²) in [6.45, 7) is 1.37. The summed E-state index contributed by atoms with van der Waals surface area (Å²) in [4.78, 5) is 31.2. The first-order valence-electron chi connectivity index (χ1n) is 5.28. The average molecular weight is 269 g/mol. The molecule has 0 radical (unpaired) electrons. The molecule has 0 bridgehead atoms. The molecule has 0 saturated heterocycles. The second-order valence-electron chi connectivity index (χ2n) is 3.34. The predicted octanol–water partition coefficient (Wildman–Crippen LogP) is 1.48. The fourth-order valence-electron chi connectivity index (χ4n) is 1.39. The van der Waals surface area contributed by atoms with Gasteiger partial charge in [0.1, 0.15) is 6.54 Å². The smallest absolute Gasteiger partial charge is 0.325 e. The SMILES string of the molecule is CCOC(=O)CNc1c([N+](=O)[O-])cccc1[N+](=O)[O-]. The van der Waals surface area contributed by atoms with Gasteiger partial charge in [-0.3, -0.25) is 25.0 Å². The number of ether oxygens (including phenoxy) is 1. The summed E-state index contributed by atoms with van der Waals surface area (Å²) in [5.74, 6) is -0.657. The zero-order valence-electron chi connectivity index (χ0n) is 9.99. The molecule has 0 atom stereocenters. The standard InChI is InChI=1S/C10H11N3O6/c1-2-19-9(14)6-11-10-7(12(15)16)4-3-5-8(10)13(17)18/h3-5,11H,2,6H2,1H3. The Balaban J connectivity index is 3.04. The molecule has 1 aromatic carbocycles. The molecule has 0 unspecified atom stereocenters. The molecule has 102 valence electrons. The van der Waals surface area contributed by atoms with Gasteiger partial charge in [-0.2, -0.15) is 0 Å². The van der Waals surface area contributed by atoms with E-state index in [9.17, 15) is 25.0 Å². The maximum Gasteiger partial charge on any atom is 0.325 e. The van der Waals surface area contributed by atoms with Crippen LogP contribution in [0.5, 0.6) is 0 Å². The Labute approximate surface area is 107 Å². The molecular formula is C10H11N3O6. The lowest BCUT2D eigenvalue weighted by atomic mass is 10.2. The molecule has 9 heteroatoms. The molecule has 19 heavy (non-hydrogen) atoms. The van der Waals surface area contributed by atoms with E-state index >= 15 is 0 Å².